The number of ether oxygens (including phenoxy) is 1. The van der Waals surface area contributed by atoms with E-state index in [1.54, 1.807) is 30.3 Å². The van der Waals surface area contributed by atoms with E-state index in [4.69, 9.17) is 4.74 Å². The van der Waals surface area contributed by atoms with Crippen molar-refractivity contribution in [1.29, 1.82) is 0 Å². The first-order valence-corrected chi connectivity index (χ1v) is 13.7. The van der Waals surface area contributed by atoms with Gasteiger partial charge < -0.3 is 20.7 Å². The molecule has 2 aliphatic rings. The summed E-state index contributed by atoms with van der Waals surface area (Å²) >= 11 is 0. The fourth-order valence-electron chi connectivity index (χ4n) is 4.26. The number of rotatable bonds is 9. The molecule has 3 N–H and O–H groups in total. The summed E-state index contributed by atoms with van der Waals surface area (Å²) < 4.78 is 30.9. The van der Waals surface area contributed by atoms with Gasteiger partial charge in [-0.05, 0) is 49.2 Å². The molecule has 10 heteroatoms. The molecule has 2 amide bonds. The molecule has 1 fully saturated rings. The average molecular weight is 501 g/mol. The third-order valence-electron chi connectivity index (χ3n) is 6.28. The zero-order valence-electron chi connectivity index (χ0n) is 19.9. The molecule has 2 aromatic carbocycles. The maximum absolute atomic E-state index is 12.8. The number of amides is 2. The zero-order valence-corrected chi connectivity index (χ0v) is 20.7. The third kappa shape index (κ3) is 6.81. The van der Waals surface area contributed by atoms with Gasteiger partial charge in [0.25, 0.3) is 5.91 Å². The predicted octanol–water partition coefficient (Wildman–Crippen LogP) is 1.79. The highest BCUT2D eigenvalue weighted by Gasteiger charge is 2.30. The van der Waals surface area contributed by atoms with Crippen molar-refractivity contribution in [2.24, 2.45) is 0 Å². The smallest absolute Gasteiger partial charge is 0.251 e. The summed E-state index contributed by atoms with van der Waals surface area (Å²) in [5, 5.41) is 8.68. The third-order valence-corrected chi connectivity index (χ3v) is 7.88. The molecule has 2 aliphatic heterocycles. The van der Waals surface area contributed by atoms with Crippen molar-refractivity contribution in [3.63, 3.8) is 0 Å². The normalized spacial score (nSPS) is 18.3. The number of carbonyl (C=O) groups is 2. The average Bonchev–Trinajstić information content (AvgIpc) is 2.84. The Hall–Kier alpha value is -2.95. The fraction of sp³-hybridized carbons (Fsp3) is 0.440. The molecule has 0 aliphatic carbocycles. The first-order chi connectivity index (χ1) is 16.8. The molecular formula is C25H32N4O5S. The highest BCUT2D eigenvalue weighted by molar-refractivity contribution is 7.90. The summed E-state index contributed by atoms with van der Waals surface area (Å²) in [7, 11) is -3.53. The predicted molar refractivity (Wildman–Crippen MR) is 135 cm³/mol. The summed E-state index contributed by atoms with van der Waals surface area (Å²) in [5.74, 6) is -1.10. The molecule has 1 saturated heterocycles. The first kappa shape index (κ1) is 25.2. The van der Waals surface area contributed by atoms with Gasteiger partial charge in [-0.15, -0.1) is 0 Å². The molecule has 1 atom stereocenters. The summed E-state index contributed by atoms with van der Waals surface area (Å²) in [5.41, 5.74) is 3.11. The molecule has 188 valence electrons. The second-order valence-corrected chi connectivity index (χ2v) is 11.1. The Kier molecular flexibility index (Phi) is 8.04. The van der Waals surface area contributed by atoms with Crippen LogP contribution < -0.4 is 16.0 Å². The molecule has 0 radical (unpaired) electrons. The van der Waals surface area contributed by atoms with Crippen LogP contribution in [0.25, 0.3) is 0 Å². The fourth-order valence-corrected chi connectivity index (χ4v) is 5.92. The Morgan fingerprint density at radius 1 is 1.14 bits per heavy atom. The second-order valence-electron chi connectivity index (χ2n) is 8.99. The van der Waals surface area contributed by atoms with Crippen molar-refractivity contribution < 1.29 is 22.7 Å². The summed E-state index contributed by atoms with van der Waals surface area (Å²) in [6, 6.07) is 11.4. The molecular weight excluding hydrogens is 468 g/mol. The van der Waals surface area contributed by atoms with E-state index in [0.29, 0.717) is 23.5 Å². The second kappa shape index (κ2) is 11.2. The van der Waals surface area contributed by atoms with Crippen LogP contribution in [0.1, 0.15) is 27.9 Å². The SMILES string of the molecule is Cc1ccccc1CS(=O)(=O)C[C@H]1Nc2ccc(C(=O)NCCCN3CCOCC3)cc2NC1=O. The van der Waals surface area contributed by atoms with Crippen LogP contribution in [0, 0.1) is 6.92 Å². The highest BCUT2D eigenvalue weighted by Crippen LogP contribution is 2.28. The topological polar surface area (TPSA) is 117 Å². The van der Waals surface area contributed by atoms with Gasteiger partial charge in [-0.2, -0.15) is 0 Å². The highest BCUT2D eigenvalue weighted by atomic mass is 32.2. The molecule has 0 aromatic heterocycles. The number of carbonyl (C=O) groups excluding carboxylic acids is 2. The van der Waals surface area contributed by atoms with Crippen molar-refractivity contribution in [1.82, 2.24) is 10.2 Å². The number of morpholine rings is 1. The van der Waals surface area contributed by atoms with Gasteiger partial charge in [-0.25, -0.2) is 8.42 Å². The van der Waals surface area contributed by atoms with Crippen LogP contribution in [0.4, 0.5) is 11.4 Å². The minimum atomic E-state index is -3.53. The van der Waals surface area contributed by atoms with Gasteiger partial charge in [0, 0.05) is 25.2 Å². The number of nitrogens with zero attached hydrogens (tertiary/aromatic N) is 1. The number of aryl methyl sites for hydroxylation is 1. The maximum atomic E-state index is 12.8. The zero-order chi connectivity index (χ0) is 24.8. The standard InChI is InChI=1S/C25H32N4O5S/c1-18-5-2-3-6-20(18)16-35(32,33)17-23-25(31)28-22-15-19(7-8-21(22)27-23)24(30)26-9-4-10-29-11-13-34-14-12-29/h2-3,5-8,15,23,27H,4,9-14,16-17H2,1H3,(H,26,30)(H,28,31)/t23-/m1/s1. The van der Waals surface area contributed by atoms with E-state index in [0.717, 1.165) is 50.4 Å². The molecule has 0 unspecified atom stereocenters. The van der Waals surface area contributed by atoms with Crippen LogP contribution in [0.2, 0.25) is 0 Å². The number of hydrogen-bond acceptors (Lipinski definition) is 7. The van der Waals surface area contributed by atoms with E-state index in [1.165, 1.54) is 0 Å². The molecule has 0 bridgehead atoms. The lowest BCUT2D eigenvalue weighted by atomic mass is 10.1. The Morgan fingerprint density at radius 2 is 1.91 bits per heavy atom. The van der Waals surface area contributed by atoms with Crippen LogP contribution in [0.3, 0.4) is 0 Å². The van der Waals surface area contributed by atoms with Crippen molar-refractivity contribution in [2.45, 2.75) is 25.1 Å². The Bertz CT molecular complexity index is 1180. The van der Waals surface area contributed by atoms with Gasteiger partial charge in [0.2, 0.25) is 5.91 Å². The van der Waals surface area contributed by atoms with Gasteiger partial charge in [-0.1, -0.05) is 24.3 Å². The summed E-state index contributed by atoms with van der Waals surface area (Å²) in [4.78, 5) is 27.5. The lowest BCUT2D eigenvalue weighted by Gasteiger charge is -2.27. The number of nitrogens with one attached hydrogen (secondary N) is 3. The molecule has 35 heavy (non-hydrogen) atoms. The Morgan fingerprint density at radius 3 is 2.69 bits per heavy atom. The van der Waals surface area contributed by atoms with Crippen LogP contribution in [-0.4, -0.2) is 76.3 Å². The molecule has 4 rings (SSSR count). The van der Waals surface area contributed by atoms with Gasteiger partial charge in [0.05, 0.1) is 36.1 Å². The van der Waals surface area contributed by atoms with Crippen molar-refractivity contribution in [3.05, 3.63) is 59.2 Å². The van der Waals surface area contributed by atoms with E-state index in [9.17, 15) is 18.0 Å². The van der Waals surface area contributed by atoms with Crippen molar-refractivity contribution in [2.75, 3.05) is 55.8 Å². The van der Waals surface area contributed by atoms with Gasteiger partial charge >= 0.3 is 0 Å². The first-order valence-electron chi connectivity index (χ1n) is 11.9. The molecule has 2 aromatic rings. The lowest BCUT2D eigenvalue weighted by Crippen LogP contribution is -2.43. The monoisotopic (exact) mass is 500 g/mol. The van der Waals surface area contributed by atoms with Crippen LogP contribution in [-0.2, 0) is 25.1 Å². The number of anilines is 2. The quantitative estimate of drug-likeness (QED) is 0.450. The van der Waals surface area contributed by atoms with Gasteiger partial charge in [0.1, 0.15) is 6.04 Å². The Balaban J connectivity index is 1.31. The van der Waals surface area contributed by atoms with Crippen LogP contribution in [0.5, 0.6) is 0 Å². The van der Waals surface area contributed by atoms with E-state index in [-0.39, 0.29) is 17.4 Å². The largest absolute Gasteiger partial charge is 0.379 e. The van der Waals surface area contributed by atoms with E-state index in [1.807, 2.05) is 19.1 Å². The lowest BCUT2D eigenvalue weighted by molar-refractivity contribution is -0.116. The summed E-state index contributed by atoms with van der Waals surface area (Å²) in [6.07, 6.45) is 0.841. The van der Waals surface area contributed by atoms with E-state index in [2.05, 4.69) is 20.9 Å². The number of benzene rings is 2. The van der Waals surface area contributed by atoms with Crippen LogP contribution >= 0.6 is 0 Å². The van der Waals surface area contributed by atoms with Crippen LogP contribution in [0.15, 0.2) is 42.5 Å². The minimum Gasteiger partial charge on any atom is -0.379 e. The molecule has 9 nitrogen and oxygen atoms in total. The molecule has 0 saturated carbocycles. The molecule has 0 spiro atoms. The van der Waals surface area contributed by atoms with Gasteiger partial charge in [0.15, 0.2) is 9.84 Å². The van der Waals surface area contributed by atoms with E-state index < -0.39 is 21.8 Å². The number of fused-ring (bicyclic) bond motifs is 1. The summed E-state index contributed by atoms with van der Waals surface area (Å²) in [6.45, 7) is 6.66. The van der Waals surface area contributed by atoms with Crippen molar-refractivity contribution >= 4 is 33.0 Å². The van der Waals surface area contributed by atoms with E-state index >= 15 is 0 Å². The number of hydrogen-bond donors (Lipinski definition) is 3. The maximum Gasteiger partial charge on any atom is 0.251 e. The minimum absolute atomic E-state index is 0.122. The van der Waals surface area contributed by atoms with Crippen molar-refractivity contribution in [3.8, 4) is 0 Å². The number of sulfone groups is 1. The van der Waals surface area contributed by atoms with Gasteiger partial charge in [-0.3, -0.25) is 14.5 Å². The molecule has 2 heterocycles. The Labute approximate surface area is 206 Å².